The van der Waals surface area contributed by atoms with Crippen molar-refractivity contribution in [3.63, 3.8) is 0 Å². The first-order valence-electron chi connectivity index (χ1n) is 5.28. The number of rotatable bonds is 3. The Balaban J connectivity index is 2.50. The van der Waals surface area contributed by atoms with Gasteiger partial charge in [0, 0.05) is 0 Å². The van der Waals surface area contributed by atoms with E-state index in [1.54, 1.807) is 19.1 Å². The highest BCUT2D eigenvalue weighted by Gasteiger charge is 2.62. The third kappa shape index (κ3) is 1.60. The first-order valence-corrected chi connectivity index (χ1v) is 6.76. The number of ether oxygens (including phenoxy) is 1. The molecule has 1 aliphatic carbocycles. The molecule has 2 rings (SSSR count). The Morgan fingerprint density at radius 2 is 2.18 bits per heavy atom. The van der Waals surface area contributed by atoms with Gasteiger partial charge in [-0.25, -0.2) is 8.42 Å². The molecule has 1 fully saturated rings. The van der Waals surface area contributed by atoms with E-state index in [9.17, 15) is 8.42 Å². The molecule has 0 bridgehead atoms. The van der Waals surface area contributed by atoms with Crippen LogP contribution in [0.15, 0.2) is 29.2 Å². The van der Waals surface area contributed by atoms with Gasteiger partial charge in [0.1, 0.15) is 5.75 Å². The molecule has 0 N–H and O–H groups in total. The van der Waals surface area contributed by atoms with Crippen molar-refractivity contribution in [1.29, 1.82) is 5.26 Å². The highest BCUT2D eigenvalue weighted by Crippen LogP contribution is 2.51. The maximum absolute atomic E-state index is 12.3. The summed E-state index contributed by atoms with van der Waals surface area (Å²) in [6, 6.07) is 8.20. The normalized spacial score (nSPS) is 27.2. The third-order valence-corrected chi connectivity index (χ3v) is 5.76. The molecule has 17 heavy (non-hydrogen) atoms. The molecule has 4 nitrogen and oxygen atoms in total. The van der Waals surface area contributed by atoms with E-state index in [1.807, 2.05) is 6.07 Å². The Kier molecular flexibility index (Phi) is 2.63. The van der Waals surface area contributed by atoms with Crippen LogP contribution in [0.4, 0.5) is 0 Å². The van der Waals surface area contributed by atoms with Crippen molar-refractivity contribution in [2.45, 2.75) is 23.0 Å². The molecule has 1 saturated carbocycles. The van der Waals surface area contributed by atoms with Gasteiger partial charge in [-0.1, -0.05) is 13.0 Å². The van der Waals surface area contributed by atoms with E-state index in [2.05, 4.69) is 0 Å². The van der Waals surface area contributed by atoms with E-state index in [0.717, 1.165) is 0 Å². The Bertz CT molecular complexity index is 588. The van der Waals surface area contributed by atoms with Gasteiger partial charge in [0.05, 0.1) is 18.1 Å². The Hall–Kier alpha value is -1.54. The second-order valence-corrected chi connectivity index (χ2v) is 6.50. The van der Waals surface area contributed by atoms with Crippen LogP contribution in [0.5, 0.6) is 5.75 Å². The smallest absolute Gasteiger partial charge is 0.197 e. The third-order valence-electron chi connectivity index (χ3n) is 3.27. The van der Waals surface area contributed by atoms with E-state index in [0.29, 0.717) is 12.2 Å². The fourth-order valence-electron chi connectivity index (χ4n) is 1.97. The summed E-state index contributed by atoms with van der Waals surface area (Å²) in [5.74, 6) is 0.371. The summed E-state index contributed by atoms with van der Waals surface area (Å²) in [6.07, 6.45) is 0.406. The van der Waals surface area contributed by atoms with Crippen LogP contribution in [0.3, 0.4) is 0 Å². The molecule has 2 atom stereocenters. The Morgan fingerprint density at radius 3 is 2.65 bits per heavy atom. The van der Waals surface area contributed by atoms with Gasteiger partial charge in [-0.05, 0) is 30.5 Å². The molecule has 0 saturated heterocycles. The molecule has 5 heteroatoms. The fourth-order valence-corrected chi connectivity index (χ4v) is 4.03. The van der Waals surface area contributed by atoms with E-state index in [4.69, 9.17) is 10.00 Å². The quantitative estimate of drug-likeness (QED) is 0.821. The van der Waals surface area contributed by atoms with Crippen LogP contribution in [-0.2, 0) is 9.84 Å². The first-order chi connectivity index (χ1) is 7.98. The van der Waals surface area contributed by atoms with E-state index >= 15 is 0 Å². The topological polar surface area (TPSA) is 67.2 Å². The molecule has 0 aliphatic heterocycles. The van der Waals surface area contributed by atoms with Gasteiger partial charge in [-0.15, -0.1) is 0 Å². The zero-order chi connectivity index (χ0) is 12.7. The summed E-state index contributed by atoms with van der Waals surface area (Å²) < 4.78 is 28.5. The predicted octanol–water partition coefficient (Wildman–Crippen LogP) is 1.77. The minimum Gasteiger partial charge on any atom is -0.497 e. The molecule has 1 aromatic carbocycles. The average Bonchev–Trinajstić information content (AvgIpc) is 3.02. The van der Waals surface area contributed by atoms with Gasteiger partial charge in [0.25, 0.3) is 0 Å². The van der Waals surface area contributed by atoms with Gasteiger partial charge < -0.3 is 4.74 Å². The molecule has 1 aromatic rings. The van der Waals surface area contributed by atoms with Crippen LogP contribution >= 0.6 is 0 Å². The van der Waals surface area contributed by atoms with Gasteiger partial charge >= 0.3 is 0 Å². The molecule has 90 valence electrons. The average molecular weight is 251 g/mol. The second-order valence-electron chi connectivity index (χ2n) is 4.29. The lowest BCUT2D eigenvalue weighted by atomic mass is 10.3. The maximum Gasteiger partial charge on any atom is 0.197 e. The molecular weight excluding hydrogens is 238 g/mol. The summed E-state index contributed by atoms with van der Waals surface area (Å²) in [7, 11) is -2.12. The fraction of sp³-hybridized carbons (Fsp3) is 0.417. The molecule has 0 amide bonds. The summed E-state index contributed by atoms with van der Waals surface area (Å²) in [6.45, 7) is 1.78. The van der Waals surface area contributed by atoms with Crippen molar-refractivity contribution in [1.82, 2.24) is 0 Å². The lowest BCUT2D eigenvalue weighted by Crippen LogP contribution is -2.23. The number of sulfone groups is 1. The highest BCUT2D eigenvalue weighted by atomic mass is 32.2. The standard InChI is InChI=1S/C12H13NO3S/c1-9-7-12(9,8-13)17(14,15)11-5-3-4-10(6-11)16-2/h3-6,9H,7H2,1-2H3. The predicted molar refractivity (Wildman–Crippen MR) is 62.3 cm³/mol. The highest BCUT2D eigenvalue weighted by molar-refractivity contribution is 7.93. The van der Waals surface area contributed by atoms with E-state index in [-0.39, 0.29) is 10.8 Å². The van der Waals surface area contributed by atoms with Gasteiger partial charge in [0.15, 0.2) is 14.6 Å². The lowest BCUT2D eigenvalue weighted by Gasteiger charge is -2.10. The van der Waals surface area contributed by atoms with E-state index < -0.39 is 14.6 Å². The van der Waals surface area contributed by atoms with Crippen molar-refractivity contribution in [2.24, 2.45) is 5.92 Å². The minimum absolute atomic E-state index is 0.108. The Labute approximate surface area is 101 Å². The van der Waals surface area contributed by atoms with Gasteiger partial charge in [-0.3, -0.25) is 0 Å². The van der Waals surface area contributed by atoms with Crippen molar-refractivity contribution in [2.75, 3.05) is 7.11 Å². The maximum atomic E-state index is 12.3. The number of nitrogens with zero attached hydrogens (tertiary/aromatic N) is 1. The van der Waals surface area contributed by atoms with Crippen LogP contribution in [-0.4, -0.2) is 20.3 Å². The molecule has 0 radical (unpaired) electrons. The zero-order valence-electron chi connectivity index (χ0n) is 9.67. The summed E-state index contributed by atoms with van der Waals surface area (Å²) in [5.41, 5.74) is 0. The van der Waals surface area contributed by atoms with Crippen molar-refractivity contribution in [3.8, 4) is 11.8 Å². The number of hydrogen-bond donors (Lipinski definition) is 0. The summed E-state index contributed by atoms with van der Waals surface area (Å²) in [5, 5.41) is 9.09. The summed E-state index contributed by atoms with van der Waals surface area (Å²) >= 11 is 0. The van der Waals surface area contributed by atoms with Crippen molar-refractivity contribution < 1.29 is 13.2 Å². The molecule has 1 aliphatic rings. The first kappa shape index (κ1) is 11.9. The minimum atomic E-state index is -3.60. The summed E-state index contributed by atoms with van der Waals surface area (Å²) in [4.78, 5) is 0.155. The van der Waals surface area contributed by atoms with Crippen LogP contribution in [0.25, 0.3) is 0 Å². The molecule has 2 unspecified atom stereocenters. The molecule has 0 spiro atoms. The second kappa shape index (κ2) is 3.74. The van der Waals surface area contributed by atoms with Crippen molar-refractivity contribution in [3.05, 3.63) is 24.3 Å². The number of hydrogen-bond acceptors (Lipinski definition) is 4. The van der Waals surface area contributed by atoms with Gasteiger partial charge in [-0.2, -0.15) is 5.26 Å². The molecule has 0 aromatic heterocycles. The lowest BCUT2D eigenvalue weighted by molar-refractivity contribution is 0.413. The number of nitriles is 1. The zero-order valence-corrected chi connectivity index (χ0v) is 10.5. The SMILES string of the molecule is COc1cccc(S(=O)(=O)C2(C#N)CC2C)c1. The number of benzene rings is 1. The molecule has 0 heterocycles. The molecular formula is C12H13NO3S. The monoisotopic (exact) mass is 251 g/mol. The van der Waals surface area contributed by atoms with Crippen LogP contribution in [0, 0.1) is 17.2 Å². The number of methoxy groups -OCH3 is 1. The van der Waals surface area contributed by atoms with Gasteiger partial charge in [0.2, 0.25) is 0 Å². The van der Waals surface area contributed by atoms with Crippen LogP contribution < -0.4 is 4.74 Å². The van der Waals surface area contributed by atoms with Crippen molar-refractivity contribution >= 4 is 9.84 Å². The van der Waals surface area contributed by atoms with Crippen LogP contribution in [0.1, 0.15) is 13.3 Å². The van der Waals surface area contributed by atoms with Crippen LogP contribution in [0.2, 0.25) is 0 Å². The van der Waals surface area contributed by atoms with E-state index in [1.165, 1.54) is 19.2 Å². The Morgan fingerprint density at radius 1 is 1.53 bits per heavy atom. The largest absolute Gasteiger partial charge is 0.497 e.